The number of ether oxygens (including phenoxy) is 2. The molecule has 0 unspecified atom stereocenters. The van der Waals surface area contributed by atoms with E-state index in [1.54, 1.807) is 42.7 Å². The summed E-state index contributed by atoms with van der Waals surface area (Å²) >= 11 is 1.14. The molecule has 0 saturated heterocycles. The molecule has 10 nitrogen and oxygen atoms in total. The molecule has 1 aliphatic rings. The molecule has 3 N–H and O–H groups in total. The van der Waals surface area contributed by atoms with E-state index in [0.29, 0.717) is 23.6 Å². The maximum absolute atomic E-state index is 12.8. The van der Waals surface area contributed by atoms with Crippen molar-refractivity contribution in [3.8, 4) is 16.3 Å². The second kappa shape index (κ2) is 10.9. The number of aromatic nitrogens is 1. The van der Waals surface area contributed by atoms with Gasteiger partial charge >= 0.3 is 5.97 Å². The number of para-hydroxylation sites is 1. The number of benzene rings is 1. The minimum absolute atomic E-state index is 0.00873. The maximum atomic E-state index is 12.8. The first-order chi connectivity index (χ1) is 16.9. The van der Waals surface area contributed by atoms with Crippen LogP contribution in [0.2, 0.25) is 0 Å². The highest BCUT2D eigenvalue weighted by Gasteiger charge is 2.30. The molecule has 4 rings (SSSR count). The van der Waals surface area contributed by atoms with E-state index in [1.165, 1.54) is 7.11 Å². The highest BCUT2D eigenvalue weighted by molar-refractivity contribution is 7.91. The number of methoxy groups -OCH3 is 2. The smallest absolute Gasteiger partial charge is 0.330 e. The number of hydrogen-bond donors (Lipinski definition) is 3. The Labute approximate surface area is 207 Å². The summed E-state index contributed by atoms with van der Waals surface area (Å²) < 4.78 is 38.8. The highest BCUT2D eigenvalue weighted by atomic mass is 32.2. The molecule has 0 spiro atoms. The molecular weight excluding hydrogens is 490 g/mol. The van der Waals surface area contributed by atoms with Crippen LogP contribution in [0.3, 0.4) is 0 Å². The normalized spacial score (nSPS) is 14.2. The van der Waals surface area contributed by atoms with Gasteiger partial charge in [0, 0.05) is 18.8 Å². The number of esters is 1. The van der Waals surface area contributed by atoms with Crippen LogP contribution < -0.4 is 20.4 Å². The minimum Gasteiger partial charge on any atom is -0.496 e. The van der Waals surface area contributed by atoms with Gasteiger partial charge in [0.25, 0.3) is 0 Å². The second-order valence-electron chi connectivity index (χ2n) is 7.51. The van der Waals surface area contributed by atoms with Crippen LogP contribution in [0.1, 0.15) is 5.56 Å². The topological polar surface area (TPSA) is 122 Å². The van der Waals surface area contributed by atoms with Gasteiger partial charge in [0.1, 0.15) is 16.0 Å². The van der Waals surface area contributed by atoms with E-state index in [1.807, 2.05) is 36.4 Å². The molecule has 0 amide bonds. The Bertz CT molecular complexity index is 1310. The van der Waals surface area contributed by atoms with Gasteiger partial charge in [0.2, 0.25) is 10.0 Å². The van der Waals surface area contributed by atoms with Gasteiger partial charge < -0.3 is 14.9 Å². The minimum atomic E-state index is -3.75. The highest BCUT2D eigenvalue weighted by Crippen LogP contribution is 2.29. The van der Waals surface area contributed by atoms with Crippen molar-refractivity contribution in [1.82, 2.24) is 25.7 Å². The van der Waals surface area contributed by atoms with Crippen LogP contribution in [0, 0.1) is 0 Å². The zero-order valence-electron chi connectivity index (χ0n) is 19.1. The first kappa shape index (κ1) is 24.7. The Kier molecular flexibility index (Phi) is 7.66. The van der Waals surface area contributed by atoms with E-state index in [2.05, 4.69) is 20.7 Å². The number of pyridine rings is 1. The molecule has 35 heavy (non-hydrogen) atoms. The standard InChI is InChI=1S/C23H25N5O5S2/c1-32-20-9-4-3-7-16(20)13-19(23(29)33-2)28-15-17(26-27-28)14-25-35(30,31)22-11-10-21(34-22)18-8-5-6-12-24-18/h3-12,15,19,25-27H,13-14H2,1-2H3/t19-/m0/s1. The van der Waals surface area contributed by atoms with Gasteiger partial charge in [-0.25, -0.2) is 17.9 Å². The van der Waals surface area contributed by atoms with Crippen molar-refractivity contribution in [3.63, 3.8) is 0 Å². The molecule has 0 saturated carbocycles. The SMILES string of the molecule is COC(=O)[C@H](Cc1ccccc1OC)N1C=C(CNS(=O)(=O)c2ccc(-c3ccccn3)s2)NN1. The third kappa shape index (κ3) is 5.80. The van der Waals surface area contributed by atoms with Crippen molar-refractivity contribution in [2.45, 2.75) is 16.7 Å². The van der Waals surface area contributed by atoms with Crippen LogP contribution in [0.5, 0.6) is 5.75 Å². The summed E-state index contributed by atoms with van der Waals surface area (Å²) in [7, 11) is -0.858. The number of nitrogens with one attached hydrogen (secondary N) is 3. The molecule has 3 aromatic rings. The number of hydrazine groups is 2. The van der Waals surface area contributed by atoms with E-state index >= 15 is 0 Å². The molecule has 1 aliphatic heterocycles. The molecule has 1 aromatic carbocycles. The van der Waals surface area contributed by atoms with Crippen LogP contribution in [-0.2, 0) is 26.0 Å². The molecule has 2 aromatic heterocycles. The summed E-state index contributed by atoms with van der Waals surface area (Å²) in [4.78, 5) is 17.5. The van der Waals surface area contributed by atoms with Crippen LogP contribution in [-0.4, -0.2) is 51.2 Å². The lowest BCUT2D eigenvalue weighted by Crippen LogP contribution is -2.48. The number of sulfonamides is 1. The monoisotopic (exact) mass is 515 g/mol. The van der Waals surface area contributed by atoms with E-state index in [4.69, 9.17) is 9.47 Å². The van der Waals surface area contributed by atoms with Crippen molar-refractivity contribution in [2.75, 3.05) is 20.8 Å². The lowest BCUT2D eigenvalue weighted by Gasteiger charge is -2.25. The maximum Gasteiger partial charge on any atom is 0.330 e. The lowest BCUT2D eigenvalue weighted by molar-refractivity contribution is -0.147. The van der Waals surface area contributed by atoms with Gasteiger partial charge in [0.05, 0.1) is 37.0 Å². The van der Waals surface area contributed by atoms with Crippen LogP contribution in [0.25, 0.3) is 10.6 Å². The molecule has 0 aliphatic carbocycles. The predicted molar refractivity (Wildman–Crippen MR) is 131 cm³/mol. The third-order valence-electron chi connectivity index (χ3n) is 5.27. The first-order valence-corrected chi connectivity index (χ1v) is 12.9. The van der Waals surface area contributed by atoms with Gasteiger partial charge in [-0.05, 0) is 35.9 Å². The number of nitrogens with zero attached hydrogens (tertiary/aromatic N) is 2. The first-order valence-electron chi connectivity index (χ1n) is 10.6. The fourth-order valence-corrected chi connectivity index (χ4v) is 5.83. The molecular formula is C23H25N5O5S2. The Morgan fingerprint density at radius 3 is 2.69 bits per heavy atom. The number of thiophene rings is 1. The summed E-state index contributed by atoms with van der Waals surface area (Å²) in [6.45, 7) is -0.00873. The quantitative estimate of drug-likeness (QED) is 0.348. The van der Waals surface area contributed by atoms with E-state index in [0.717, 1.165) is 21.8 Å². The summed E-state index contributed by atoms with van der Waals surface area (Å²) in [5.41, 5.74) is 7.86. The number of carbonyl (C=O) groups is 1. The van der Waals surface area contributed by atoms with Crippen LogP contribution in [0.15, 0.2) is 76.9 Å². The Hall–Kier alpha value is -3.45. The van der Waals surface area contributed by atoms with Crippen LogP contribution in [0.4, 0.5) is 0 Å². The molecule has 12 heteroatoms. The molecule has 0 bridgehead atoms. The Morgan fingerprint density at radius 2 is 1.94 bits per heavy atom. The molecule has 0 fully saturated rings. The van der Waals surface area contributed by atoms with Crippen molar-refractivity contribution in [2.24, 2.45) is 0 Å². The van der Waals surface area contributed by atoms with Crippen molar-refractivity contribution in [1.29, 1.82) is 0 Å². The van der Waals surface area contributed by atoms with Gasteiger partial charge in [-0.15, -0.1) is 16.9 Å². The number of carbonyl (C=O) groups excluding carboxylic acids is 1. The molecule has 0 radical (unpaired) electrons. The van der Waals surface area contributed by atoms with Gasteiger partial charge in [0.15, 0.2) is 0 Å². The zero-order valence-corrected chi connectivity index (χ0v) is 20.7. The fraction of sp³-hybridized carbons (Fsp3) is 0.217. The Balaban J connectivity index is 1.44. The Morgan fingerprint density at radius 1 is 1.14 bits per heavy atom. The lowest BCUT2D eigenvalue weighted by atomic mass is 10.0. The van der Waals surface area contributed by atoms with Crippen LogP contribution >= 0.6 is 11.3 Å². The zero-order chi connectivity index (χ0) is 24.8. The summed E-state index contributed by atoms with van der Waals surface area (Å²) in [6.07, 6.45) is 3.60. The largest absolute Gasteiger partial charge is 0.496 e. The second-order valence-corrected chi connectivity index (χ2v) is 10.6. The van der Waals surface area contributed by atoms with E-state index in [9.17, 15) is 13.2 Å². The van der Waals surface area contributed by atoms with E-state index in [-0.39, 0.29) is 10.8 Å². The van der Waals surface area contributed by atoms with Crippen molar-refractivity contribution < 1.29 is 22.7 Å². The molecule has 184 valence electrons. The van der Waals surface area contributed by atoms with Crippen molar-refractivity contribution in [3.05, 3.63) is 78.3 Å². The predicted octanol–water partition coefficient (Wildman–Crippen LogP) is 2.05. The number of rotatable bonds is 10. The molecule has 1 atom stereocenters. The van der Waals surface area contributed by atoms with Gasteiger partial charge in [-0.2, -0.15) is 0 Å². The summed E-state index contributed by atoms with van der Waals surface area (Å²) in [6, 6.07) is 15.5. The summed E-state index contributed by atoms with van der Waals surface area (Å²) in [5, 5.41) is 1.55. The third-order valence-corrected chi connectivity index (χ3v) is 8.27. The average Bonchev–Trinajstić information content (AvgIpc) is 3.57. The molecule has 3 heterocycles. The van der Waals surface area contributed by atoms with Gasteiger partial charge in [-0.3, -0.25) is 9.99 Å². The fourth-order valence-electron chi connectivity index (χ4n) is 3.49. The number of hydrogen-bond acceptors (Lipinski definition) is 10. The van der Waals surface area contributed by atoms with Gasteiger partial charge in [-0.1, -0.05) is 24.3 Å². The summed E-state index contributed by atoms with van der Waals surface area (Å²) in [5.74, 6) is 0.204. The average molecular weight is 516 g/mol. The van der Waals surface area contributed by atoms with E-state index < -0.39 is 22.0 Å². The van der Waals surface area contributed by atoms with Crippen molar-refractivity contribution >= 4 is 27.3 Å².